The topological polar surface area (TPSA) is 104 Å². The first-order valence-electron chi connectivity index (χ1n) is 10.8. The number of aldehydes is 1. The van der Waals surface area contributed by atoms with Crippen LogP contribution in [0.15, 0.2) is 64.9 Å². The van der Waals surface area contributed by atoms with Gasteiger partial charge in [-0.2, -0.15) is 4.98 Å². The Morgan fingerprint density at radius 1 is 1.09 bits per heavy atom. The number of nitrogens with zero attached hydrogens (tertiary/aromatic N) is 2. The van der Waals surface area contributed by atoms with Gasteiger partial charge in [0.15, 0.2) is 6.29 Å². The van der Waals surface area contributed by atoms with Crippen LogP contribution in [0.4, 0.5) is 0 Å². The van der Waals surface area contributed by atoms with E-state index in [0.717, 1.165) is 40.7 Å². The van der Waals surface area contributed by atoms with Crippen LogP contribution in [-0.2, 0) is 23.0 Å². The predicted octanol–water partition coefficient (Wildman–Crippen LogP) is 4.75. The fraction of sp³-hybridized carbons (Fsp3) is 0.200. The van der Waals surface area contributed by atoms with Crippen LogP contribution in [0.3, 0.4) is 0 Å². The number of carbonyl (C=O) groups excluding carboxylic acids is 1. The van der Waals surface area contributed by atoms with Crippen molar-refractivity contribution >= 4 is 27.6 Å². The smallest absolute Gasteiger partial charge is 0.248 e. The lowest BCUT2D eigenvalue weighted by Gasteiger charge is -2.11. The van der Waals surface area contributed by atoms with Gasteiger partial charge in [-0.25, -0.2) is 13.6 Å². The largest absolute Gasteiger partial charge is 0.479 e. The van der Waals surface area contributed by atoms with Gasteiger partial charge in [-0.15, -0.1) is 11.3 Å². The first-order valence-corrected chi connectivity index (χ1v) is 13.1. The van der Waals surface area contributed by atoms with Crippen LogP contribution < -0.4 is 9.88 Å². The molecular formula is C25H25N3O4S2. The number of carbonyl (C=O) groups is 1. The Kier molecular flexibility index (Phi) is 6.97. The van der Waals surface area contributed by atoms with Gasteiger partial charge >= 0.3 is 0 Å². The van der Waals surface area contributed by atoms with E-state index in [1.165, 1.54) is 18.4 Å². The average molecular weight is 496 g/mol. The number of aromatic nitrogens is 2. The maximum absolute atomic E-state index is 12.2. The molecule has 0 aliphatic heterocycles. The van der Waals surface area contributed by atoms with Crippen molar-refractivity contribution in [1.82, 2.24) is 9.55 Å². The third kappa shape index (κ3) is 4.82. The molecule has 0 radical (unpaired) electrons. The molecule has 2 aromatic carbocycles. The van der Waals surface area contributed by atoms with E-state index in [9.17, 15) is 13.2 Å². The summed E-state index contributed by atoms with van der Waals surface area (Å²) in [5.41, 5.74) is 3.53. The number of imidazole rings is 1. The molecule has 2 aromatic heterocycles. The molecular weight excluding hydrogens is 470 g/mol. The highest BCUT2D eigenvalue weighted by Gasteiger charge is 2.21. The molecule has 4 rings (SSSR count). The average Bonchev–Trinajstić information content (AvgIpc) is 3.42. The Morgan fingerprint density at radius 3 is 2.38 bits per heavy atom. The minimum Gasteiger partial charge on any atom is -0.479 e. The lowest BCUT2D eigenvalue weighted by atomic mass is 10.1. The lowest BCUT2D eigenvalue weighted by molar-refractivity contribution is 0.111. The monoisotopic (exact) mass is 495 g/mol. The molecule has 2 heterocycles. The molecule has 0 unspecified atom stereocenters. The highest BCUT2D eigenvalue weighted by atomic mass is 32.2. The van der Waals surface area contributed by atoms with Crippen LogP contribution in [0, 0.1) is 0 Å². The molecule has 176 valence electrons. The summed E-state index contributed by atoms with van der Waals surface area (Å²) >= 11 is 1.22. The van der Waals surface area contributed by atoms with Crippen molar-refractivity contribution in [2.45, 2.75) is 30.5 Å². The van der Waals surface area contributed by atoms with Crippen molar-refractivity contribution in [3.05, 3.63) is 76.8 Å². The van der Waals surface area contributed by atoms with Crippen LogP contribution >= 0.6 is 11.3 Å². The number of sulfonamides is 1. The number of primary sulfonamides is 1. The molecule has 0 aliphatic rings. The Hall–Kier alpha value is -3.27. The second-order valence-electron chi connectivity index (χ2n) is 7.81. The minimum absolute atomic E-state index is 0.178. The van der Waals surface area contributed by atoms with Crippen molar-refractivity contribution < 1.29 is 17.9 Å². The molecule has 2 N–H and O–H groups in total. The predicted molar refractivity (Wildman–Crippen MR) is 134 cm³/mol. The first kappa shape index (κ1) is 23.9. The standard InChI is InChI=1S/C25H25N3O4S2/c1-3-7-20-14-21(25(33-20)34(26,30)31)18-12-10-17(11-13-18)15-28-22(16-29)24(32-2)27-23(28)19-8-5-4-6-9-19/h4-6,8-14,16H,3,7,15H2,1-2H3,(H2,26,30,31). The van der Waals surface area contributed by atoms with E-state index < -0.39 is 10.0 Å². The molecule has 0 fully saturated rings. The minimum atomic E-state index is -3.83. The Balaban J connectivity index is 1.71. The molecule has 0 atom stereocenters. The van der Waals surface area contributed by atoms with E-state index in [-0.39, 0.29) is 10.1 Å². The summed E-state index contributed by atoms with van der Waals surface area (Å²) in [6.45, 7) is 2.44. The van der Waals surface area contributed by atoms with Gasteiger partial charge in [0, 0.05) is 22.5 Å². The normalized spacial score (nSPS) is 11.5. The van der Waals surface area contributed by atoms with E-state index >= 15 is 0 Å². The molecule has 4 aromatic rings. The van der Waals surface area contributed by atoms with Gasteiger partial charge in [-0.05, 0) is 23.6 Å². The third-order valence-electron chi connectivity index (χ3n) is 5.42. The summed E-state index contributed by atoms with van der Waals surface area (Å²) in [5.74, 6) is 0.896. The molecule has 7 nitrogen and oxygen atoms in total. The molecule has 0 aliphatic carbocycles. The number of methoxy groups -OCH3 is 1. The number of thiophene rings is 1. The lowest BCUT2D eigenvalue weighted by Crippen LogP contribution is -2.11. The van der Waals surface area contributed by atoms with Gasteiger partial charge in [-0.3, -0.25) is 4.79 Å². The molecule has 0 spiro atoms. The van der Waals surface area contributed by atoms with Crippen molar-refractivity contribution in [1.29, 1.82) is 0 Å². The second-order valence-corrected chi connectivity index (χ2v) is 10.7. The summed E-state index contributed by atoms with van der Waals surface area (Å²) in [7, 11) is -2.34. The van der Waals surface area contributed by atoms with Crippen LogP contribution in [0.25, 0.3) is 22.5 Å². The van der Waals surface area contributed by atoms with Crippen LogP contribution in [-0.4, -0.2) is 31.4 Å². The zero-order valence-electron chi connectivity index (χ0n) is 18.9. The Bertz CT molecular complexity index is 1410. The number of nitrogens with two attached hydrogens (primary N) is 1. The van der Waals surface area contributed by atoms with Crippen LogP contribution in [0.1, 0.15) is 34.3 Å². The van der Waals surface area contributed by atoms with Gasteiger partial charge in [0.25, 0.3) is 0 Å². The van der Waals surface area contributed by atoms with Crippen molar-refractivity contribution in [2.75, 3.05) is 7.11 Å². The van der Waals surface area contributed by atoms with E-state index in [1.54, 1.807) is 0 Å². The maximum Gasteiger partial charge on any atom is 0.248 e. The van der Waals surface area contributed by atoms with Gasteiger partial charge < -0.3 is 9.30 Å². The molecule has 9 heteroatoms. The first-order chi connectivity index (χ1) is 16.4. The molecule has 0 bridgehead atoms. The summed E-state index contributed by atoms with van der Waals surface area (Å²) in [4.78, 5) is 17.4. The zero-order valence-corrected chi connectivity index (χ0v) is 20.5. The SMILES string of the molecule is CCCc1cc(-c2ccc(Cn3c(-c4ccccc4)nc(OC)c3C=O)cc2)c(S(N)(=O)=O)s1. The van der Waals surface area contributed by atoms with Gasteiger partial charge in [-0.1, -0.05) is 67.9 Å². The van der Waals surface area contributed by atoms with Gasteiger partial charge in [0.05, 0.1) is 7.11 Å². The quantitative estimate of drug-likeness (QED) is 0.338. The number of rotatable bonds is 9. The number of ether oxygens (including phenoxy) is 1. The number of hydrogen-bond acceptors (Lipinski definition) is 6. The summed E-state index contributed by atoms with van der Waals surface area (Å²) in [6.07, 6.45) is 2.45. The van der Waals surface area contributed by atoms with Crippen molar-refractivity contribution in [2.24, 2.45) is 5.14 Å². The van der Waals surface area contributed by atoms with E-state index in [1.807, 2.05) is 72.2 Å². The second kappa shape index (κ2) is 9.92. The van der Waals surface area contributed by atoms with Crippen molar-refractivity contribution in [3.63, 3.8) is 0 Å². The Labute approximate surface area is 202 Å². The van der Waals surface area contributed by atoms with E-state index in [2.05, 4.69) is 4.98 Å². The summed E-state index contributed by atoms with van der Waals surface area (Å²) < 4.78 is 31.6. The van der Waals surface area contributed by atoms with E-state index in [4.69, 9.17) is 9.88 Å². The van der Waals surface area contributed by atoms with Crippen LogP contribution in [0.5, 0.6) is 5.88 Å². The number of hydrogen-bond donors (Lipinski definition) is 1. The fourth-order valence-electron chi connectivity index (χ4n) is 3.85. The van der Waals surface area contributed by atoms with E-state index in [0.29, 0.717) is 23.6 Å². The molecule has 0 saturated carbocycles. The molecule has 34 heavy (non-hydrogen) atoms. The van der Waals surface area contributed by atoms with Gasteiger partial charge in [0.1, 0.15) is 15.7 Å². The Morgan fingerprint density at radius 2 is 1.79 bits per heavy atom. The molecule has 0 saturated heterocycles. The number of aryl methyl sites for hydroxylation is 1. The van der Waals surface area contributed by atoms with Crippen molar-refractivity contribution in [3.8, 4) is 28.4 Å². The molecule has 0 amide bonds. The summed E-state index contributed by atoms with van der Waals surface area (Å²) in [6, 6.07) is 19.1. The third-order valence-corrected chi connectivity index (χ3v) is 8.09. The zero-order chi connectivity index (χ0) is 24.3. The highest BCUT2D eigenvalue weighted by molar-refractivity contribution is 7.91. The number of benzene rings is 2. The summed E-state index contributed by atoms with van der Waals surface area (Å²) in [5, 5.41) is 5.48. The highest BCUT2D eigenvalue weighted by Crippen LogP contribution is 2.35. The fourth-order valence-corrected chi connectivity index (χ4v) is 6.13. The van der Waals surface area contributed by atoms with Gasteiger partial charge in [0.2, 0.25) is 15.9 Å². The maximum atomic E-state index is 12.2. The van der Waals surface area contributed by atoms with Crippen LogP contribution in [0.2, 0.25) is 0 Å².